The largest absolute Gasteiger partial charge is 0.463 e. The summed E-state index contributed by atoms with van der Waals surface area (Å²) in [4.78, 5) is 34.1. The van der Waals surface area contributed by atoms with E-state index in [-0.39, 0.29) is 6.99 Å². The van der Waals surface area contributed by atoms with Crippen molar-refractivity contribution in [2.45, 2.75) is 32.8 Å². The van der Waals surface area contributed by atoms with Crippen LogP contribution in [0.15, 0.2) is 24.3 Å². The number of esters is 1. The molecule has 2 aromatic rings. The van der Waals surface area contributed by atoms with Crippen LogP contribution in [0.3, 0.4) is 0 Å². The molecule has 10 heteroatoms. The van der Waals surface area contributed by atoms with Crippen LogP contribution in [-0.2, 0) is 22.4 Å². The van der Waals surface area contributed by atoms with E-state index < -0.39 is 74.9 Å². The normalized spacial score (nSPS) is 10.9. The third kappa shape index (κ3) is 5.32. The van der Waals surface area contributed by atoms with Crippen molar-refractivity contribution in [2.24, 2.45) is 0 Å². The Balaban J connectivity index is 0.00000450. The quantitative estimate of drug-likeness (QED) is 0.271. The van der Waals surface area contributed by atoms with Gasteiger partial charge >= 0.3 is 5.97 Å². The first-order chi connectivity index (χ1) is 13.5. The van der Waals surface area contributed by atoms with Crippen LogP contribution >= 0.6 is 11.6 Å². The average Bonchev–Trinajstić information content (AvgIpc) is 2.62. The number of benzene rings is 2. The smallest absolute Gasteiger partial charge is 0.310 e. The van der Waals surface area contributed by atoms with E-state index in [0.29, 0.717) is 6.07 Å². The van der Waals surface area contributed by atoms with Gasteiger partial charge in [-0.2, -0.15) is 0 Å². The van der Waals surface area contributed by atoms with Gasteiger partial charge in [0.25, 0.3) is 5.69 Å². The van der Waals surface area contributed by atoms with E-state index in [1.54, 1.807) is 13.8 Å². The van der Waals surface area contributed by atoms with Crippen molar-refractivity contribution >= 4 is 29.0 Å². The highest BCUT2D eigenvalue weighted by atomic mass is 35.5. The Morgan fingerprint density at radius 3 is 2.41 bits per heavy atom. The number of rotatable bonds is 7. The summed E-state index contributed by atoms with van der Waals surface area (Å²) >= 11 is 5.69. The van der Waals surface area contributed by atoms with Crippen molar-refractivity contribution in [3.05, 3.63) is 73.5 Å². The number of Topliss-reactive ketones (excluding diaryl/α,β-unsaturated/α-hetero) is 1. The number of halogens is 4. The second kappa shape index (κ2) is 9.04. The lowest BCUT2D eigenvalue weighted by molar-refractivity contribution is -0.385. The number of ether oxygens (including phenoxy) is 1. The molecule has 0 fully saturated rings. The topological polar surface area (TPSA) is 86.5 Å². The molecular formula is C19H17ClF3NO5. The predicted molar refractivity (Wildman–Crippen MR) is 99.5 cm³/mol. The maximum atomic E-state index is 14.7. The molecule has 0 aliphatic rings. The summed E-state index contributed by atoms with van der Waals surface area (Å²) in [5.41, 5.74) is -2.19. The van der Waals surface area contributed by atoms with Crippen molar-refractivity contribution in [2.75, 3.05) is 0 Å². The number of hydrogen-bond acceptors (Lipinski definition) is 5. The van der Waals surface area contributed by atoms with Gasteiger partial charge in [-0.25, -0.2) is 13.2 Å². The minimum Gasteiger partial charge on any atom is -0.463 e. The van der Waals surface area contributed by atoms with E-state index in [1.807, 2.05) is 0 Å². The van der Waals surface area contributed by atoms with Gasteiger partial charge in [-0.05, 0) is 25.5 Å². The van der Waals surface area contributed by atoms with Gasteiger partial charge in [0.2, 0.25) is 0 Å². The lowest BCUT2D eigenvalue weighted by atomic mass is 9.98. The molecule has 0 unspecified atom stereocenters. The summed E-state index contributed by atoms with van der Waals surface area (Å²) in [7, 11) is 0. The molecule has 156 valence electrons. The first-order valence-corrected chi connectivity index (χ1v) is 8.71. The fraction of sp³-hybridized carbons (Fsp3) is 0.263. The van der Waals surface area contributed by atoms with Crippen LogP contribution in [0.25, 0.3) is 0 Å². The zero-order valence-corrected chi connectivity index (χ0v) is 16.1. The van der Waals surface area contributed by atoms with Crippen molar-refractivity contribution in [1.29, 1.82) is 0 Å². The lowest BCUT2D eigenvalue weighted by Crippen LogP contribution is -2.16. The van der Waals surface area contributed by atoms with Crippen LogP contribution in [0.4, 0.5) is 18.9 Å². The van der Waals surface area contributed by atoms with E-state index in [9.17, 15) is 32.9 Å². The zero-order valence-electron chi connectivity index (χ0n) is 15.3. The number of carbonyl (C=O) groups excluding carboxylic acids is 2. The molecule has 0 atom stereocenters. The number of nitro benzene ring substituents is 1. The molecule has 6 nitrogen and oxygen atoms in total. The van der Waals surface area contributed by atoms with Gasteiger partial charge in [-0.15, -0.1) is 0 Å². The number of nitro groups is 1. The van der Waals surface area contributed by atoms with E-state index in [0.717, 1.165) is 18.2 Å². The number of ketones is 1. The zero-order chi connectivity index (χ0) is 21.9. The highest BCUT2D eigenvalue weighted by Crippen LogP contribution is 2.28. The van der Waals surface area contributed by atoms with Gasteiger partial charge in [0, 0.05) is 25.0 Å². The summed E-state index contributed by atoms with van der Waals surface area (Å²) in [6, 6.07) is 3.17. The second-order valence-corrected chi connectivity index (χ2v) is 6.74. The minimum absolute atomic E-state index is 0. The van der Waals surface area contributed by atoms with Crippen LogP contribution in [0.2, 0.25) is 5.02 Å². The van der Waals surface area contributed by atoms with Crippen LogP contribution in [0, 0.1) is 27.6 Å². The lowest BCUT2D eigenvalue weighted by Gasteiger charge is -2.11. The number of hydrogen-bond donors (Lipinski definition) is 0. The Kier molecular flexibility index (Phi) is 6.97. The number of nitrogens with zero attached hydrogens (tertiary/aromatic N) is 1. The van der Waals surface area contributed by atoms with Crippen molar-refractivity contribution in [3.8, 4) is 0 Å². The average molecular weight is 432 g/mol. The molecule has 0 N–H and O–H groups in total. The Bertz CT molecular complexity index is 1000. The van der Waals surface area contributed by atoms with E-state index in [1.165, 1.54) is 0 Å². The summed E-state index contributed by atoms with van der Waals surface area (Å²) in [6.07, 6.45) is -1.80. The summed E-state index contributed by atoms with van der Waals surface area (Å²) in [5.74, 6) is -5.20. The van der Waals surface area contributed by atoms with Crippen LogP contribution < -0.4 is 0 Å². The molecule has 0 radical (unpaired) electrons. The minimum atomic E-state index is -1.21. The first-order valence-electron chi connectivity index (χ1n) is 8.33. The first kappa shape index (κ1) is 22.4. The molecule has 0 aliphatic carbocycles. The molecular weight excluding hydrogens is 415 g/mol. The van der Waals surface area contributed by atoms with Gasteiger partial charge in [-0.1, -0.05) is 17.7 Å². The molecule has 0 aromatic heterocycles. The van der Waals surface area contributed by atoms with Gasteiger partial charge < -0.3 is 4.74 Å². The van der Waals surface area contributed by atoms with E-state index in [2.05, 4.69) is 0 Å². The Hall–Kier alpha value is -2.94. The fourth-order valence-corrected chi connectivity index (χ4v) is 2.76. The third-order valence-corrected chi connectivity index (χ3v) is 4.21. The Morgan fingerprint density at radius 2 is 1.83 bits per heavy atom. The second-order valence-electron chi connectivity index (χ2n) is 6.36. The molecule has 0 bridgehead atoms. The Labute approximate surface area is 169 Å². The molecule has 0 saturated heterocycles. The van der Waals surface area contributed by atoms with Gasteiger partial charge in [0.1, 0.15) is 17.5 Å². The summed E-state index contributed by atoms with van der Waals surface area (Å²) < 4.78 is 47.5. The van der Waals surface area contributed by atoms with Crippen LogP contribution in [0.5, 0.6) is 0 Å². The fourth-order valence-electron chi connectivity index (χ4n) is 2.54. The molecule has 2 aromatic carbocycles. The van der Waals surface area contributed by atoms with E-state index in [4.69, 9.17) is 16.3 Å². The van der Waals surface area contributed by atoms with Crippen LogP contribution in [-0.4, -0.2) is 22.8 Å². The summed E-state index contributed by atoms with van der Waals surface area (Å²) in [6.45, 7) is 3.20. The summed E-state index contributed by atoms with van der Waals surface area (Å²) in [5, 5.41) is 10.2. The molecule has 2 rings (SSSR count). The predicted octanol–water partition coefficient (Wildman–Crippen LogP) is 4.83. The molecule has 0 aliphatic heterocycles. The van der Waals surface area contributed by atoms with Crippen molar-refractivity contribution in [3.63, 3.8) is 0 Å². The number of carbonyl (C=O) groups is 2. The molecule has 0 saturated carbocycles. The molecule has 0 heterocycles. The molecule has 0 amide bonds. The van der Waals surface area contributed by atoms with Gasteiger partial charge in [0.15, 0.2) is 5.78 Å². The highest BCUT2D eigenvalue weighted by molar-refractivity contribution is 6.34. The maximum absolute atomic E-state index is 14.7. The standard InChI is InChI=1S/C19H15ClF3NO5.H2/c1-9(2)29-17(26)5-10-3-4-14(21)12(19(10)23)8-16(25)13-6-11(24(27)28)7-15(22)18(13)20;/h3-4,6-7,9H,5,8H2,1-2H3;1H. The highest BCUT2D eigenvalue weighted by Gasteiger charge is 2.24. The third-order valence-electron chi connectivity index (χ3n) is 3.83. The number of non-ortho nitro benzene ring substituents is 1. The monoisotopic (exact) mass is 431 g/mol. The van der Waals surface area contributed by atoms with Crippen LogP contribution in [0.1, 0.15) is 36.8 Å². The van der Waals surface area contributed by atoms with E-state index >= 15 is 0 Å². The Morgan fingerprint density at radius 1 is 1.17 bits per heavy atom. The maximum Gasteiger partial charge on any atom is 0.310 e. The van der Waals surface area contributed by atoms with Crippen molar-refractivity contribution < 1.29 is 33.8 Å². The molecule has 0 spiro atoms. The molecule has 29 heavy (non-hydrogen) atoms. The van der Waals surface area contributed by atoms with Crippen molar-refractivity contribution in [1.82, 2.24) is 0 Å². The van der Waals surface area contributed by atoms with Gasteiger partial charge in [-0.3, -0.25) is 19.7 Å². The SMILES string of the molecule is CC(C)OC(=O)Cc1ccc(F)c(CC(=O)c2cc([N+](=O)[O-])cc(F)c2Cl)c1F.[HH]. The van der Waals surface area contributed by atoms with Gasteiger partial charge in [0.05, 0.1) is 28.5 Å².